The van der Waals surface area contributed by atoms with Crippen LogP contribution in [0.15, 0.2) is 35.6 Å². The smallest absolute Gasteiger partial charge is 0.337 e. The second-order valence-corrected chi connectivity index (χ2v) is 4.98. The highest BCUT2D eigenvalue weighted by molar-refractivity contribution is 5.89. The molecule has 21 heavy (non-hydrogen) atoms. The van der Waals surface area contributed by atoms with Crippen molar-refractivity contribution in [3.63, 3.8) is 0 Å². The van der Waals surface area contributed by atoms with E-state index in [2.05, 4.69) is 10.8 Å². The van der Waals surface area contributed by atoms with Crippen molar-refractivity contribution in [2.45, 2.75) is 24.7 Å². The highest BCUT2D eigenvalue weighted by Gasteiger charge is 2.40. The van der Waals surface area contributed by atoms with E-state index in [0.29, 0.717) is 12.0 Å². The molecule has 0 spiro atoms. The Bertz CT molecular complexity index is 677. The molecule has 0 bridgehead atoms. The zero-order valence-corrected chi connectivity index (χ0v) is 11.6. The van der Waals surface area contributed by atoms with Crippen LogP contribution in [0, 0.1) is 22.7 Å². The minimum Gasteiger partial charge on any atom is -0.512 e. The number of hydrogen-bond acceptors (Lipinski definition) is 5. The standard InChI is InChI=1S/C16H14N2O3/c1-21-15(20)13-8-16(10-18,7-6-14(13)19)12-4-2-11(9-17)3-5-12/h2-5,19H,6-8H2,1H3. The fourth-order valence-corrected chi connectivity index (χ4v) is 2.56. The van der Waals surface area contributed by atoms with Gasteiger partial charge in [-0.05, 0) is 24.1 Å². The summed E-state index contributed by atoms with van der Waals surface area (Å²) in [5.41, 5.74) is 0.505. The molecule has 1 aliphatic rings. The SMILES string of the molecule is COC(=O)C1=C(O)CCC(C#N)(c2ccc(C#N)cc2)C1. The minimum absolute atomic E-state index is 0.0126. The third kappa shape index (κ3) is 2.59. The molecule has 1 N–H and O–H groups in total. The summed E-state index contributed by atoms with van der Waals surface area (Å²) in [6.07, 6.45) is 0.771. The summed E-state index contributed by atoms with van der Waals surface area (Å²) in [4.78, 5) is 11.7. The molecule has 1 aromatic rings. The monoisotopic (exact) mass is 282 g/mol. The molecular formula is C16H14N2O3. The summed E-state index contributed by atoms with van der Waals surface area (Å²) in [5, 5.41) is 28.3. The first kappa shape index (κ1) is 14.6. The first-order valence-electron chi connectivity index (χ1n) is 6.47. The van der Waals surface area contributed by atoms with Crippen LogP contribution in [-0.2, 0) is 14.9 Å². The summed E-state index contributed by atoms with van der Waals surface area (Å²) in [5.74, 6) is -0.623. The molecule has 0 heterocycles. The van der Waals surface area contributed by atoms with Gasteiger partial charge in [0.25, 0.3) is 0 Å². The zero-order valence-electron chi connectivity index (χ0n) is 11.6. The van der Waals surface area contributed by atoms with Gasteiger partial charge in [-0.25, -0.2) is 4.79 Å². The molecule has 0 amide bonds. The van der Waals surface area contributed by atoms with Crippen LogP contribution in [0.4, 0.5) is 0 Å². The second-order valence-electron chi connectivity index (χ2n) is 4.98. The topological polar surface area (TPSA) is 94.1 Å². The van der Waals surface area contributed by atoms with Crippen LogP contribution >= 0.6 is 0 Å². The highest BCUT2D eigenvalue weighted by atomic mass is 16.5. The van der Waals surface area contributed by atoms with Crippen LogP contribution in [-0.4, -0.2) is 18.2 Å². The molecule has 0 saturated heterocycles. The predicted octanol–water partition coefficient (Wildman–Crippen LogP) is 2.49. The Morgan fingerprint density at radius 3 is 2.52 bits per heavy atom. The first-order valence-corrected chi connectivity index (χ1v) is 6.47. The van der Waals surface area contributed by atoms with Gasteiger partial charge in [-0.1, -0.05) is 12.1 Å². The van der Waals surface area contributed by atoms with E-state index in [1.54, 1.807) is 24.3 Å². The van der Waals surface area contributed by atoms with Gasteiger partial charge < -0.3 is 9.84 Å². The lowest BCUT2D eigenvalue weighted by atomic mass is 9.70. The second kappa shape index (κ2) is 5.68. The number of aliphatic hydroxyl groups excluding tert-OH is 1. The summed E-state index contributed by atoms with van der Waals surface area (Å²) in [6, 6.07) is 11.0. The van der Waals surface area contributed by atoms with E-state index in [0.717, 1.165) is 5.56 Å². The molecule has 106 valence electrons. The fourth-order valence-electron chi connectivity index (χ4n) is 2.56. The summed E-state index contributed by atoms with van der Waals surface area (Å²) >= 11 is 0. The molecular weight excluding hydrogens is 268 g/mol. The maximum Gasteiger partial charge on any atom is 0.337 e. The molecule has 1 unspecified atom stereocenters. The van der Waals surface area contributed by atoms with Crippen LogP contribution in [0.1, 0.15) is 30.4 Å². The Hall–Kier alpha value is -2.79. The van der Waals surface area contributed by atoms with Gasteiger partial charge in [-0.15, -0.1) is 0 Å². The fraction of sp³-hybridized carbons (Fsp3) is 0.312. The average molecular weight is 282 g/mol. The Labute approximate surface area is 122 Å². The molecule has 5 nitrogen and oxygen atoms in total. The number of hydrogen-bond donors (Lipinski definition) is 1. The highest BCUT2D eigenvalue weighted by Crippen LogP contribution is 2.41. The van der Waals surface area contributed by atoms with Gasteiger partial charge >= 0.3 is 5.97 Å². The number of nitriles is 2. The number of carbonyl (C=O) groups is 1. The summed E-state index contributed by atoms with van der Waals surface area (Å²) in [7, 11) is 1.24. The zero-order chi connectivity index (χ0) is 15.5. The molecule has 0 saturated carbocycles. The van der Waals surface area contributed by atoms with Crippen LogP contribution in [0.2, 0.25) is 0 Å². The van der Waals surface area contributed by atoms with Crippen LogP contribution < -0.4 is 0 Å². The summed E-state index contributed by atoms with van der Waals surface area (Å²) in [6.45, 7) is 0. The van der Waals surface area contributed by atoms with Crippen molar-refractivity contribution < 1.29 is 14.6 Å². The quantitative estimate of drug-likeness (QED) is 0.841. The molecule has 2 rings (SSSR count). The number of esters is 1. The molecule has 1 aromatic carbocycles. The van der Waals surface area contributed by atoms with Crippen molar-refractivity contribution in [3.05, 3.63) is 46.7 Å². The van der Waals surface area contributed by atoms with Crippen molar-refractivity contribution in [1.29, 1.82) is 10.5 Å². The lowest BCUT2D eigenvalue weighted by Crippen LogP contribution is -2.31. The van der Waals surface area contributed by atoms with E-state index in [4.69, 9.17) is 5.26 Å². The predicted molar refractivity (Wildman–Crippen MR) is 74.0 cm³/mol. The number of benzene rings is 1. The Balaban J connectivity index is 2.42. The van der Waals surface area contributed by atoms with Gasteiger partial charge in [0.05, 0.1) is 35.8 Å². The van der Waals surface area contributed by atoms with E-state index >= 15 is 0 Å². The molecule has 1 aliphatic carbocycles. The van der Waals surface area contributed by atoms with Crippen molar-refractivity contribution in [2.24, 2.45) is 0 Å². The van der Waals surface area contributed by atoms with E-state index in [9.17, 15) is 15.2 Å². The number of rotatable bonds is 2. The maximum atomic E-state index is 11.7. The molecule has 0 radical (unpaired) electrons. The number of carbonyl (C=O) groups excluding carboxylic acids is 1. The lowest BCUT2D eigenvalue weighted by molar-refractivity contribution is -0.136. The average Bonchev–Trinajstić information content (AvgIpc) is 2.55. The largest absolute Gasteiger partial charge is 0.512 e. The third-order valence-corrected chi connectivity index (χ3v) is 3.83. The van der Waals surface area contributed by atoms with E-state index in [-0.39, 0.29) is 24.2 Å². The van der Waals surface area contributed by atoms with Crippen LogP contribution in [0.3, 0.4) is 0 Å². The molecule has 1 atom stereocenters. The minimum atomic E-state index is -0.885. The van der Waals surface area contributed by atoms with Crippen molar-refractivity contribution in [3.8, 4) is 12.1 Å². The molecule has 0 aliphatic heterocycles. The Morgan fingerprint density at radius 2 is 2.00 bits per heavy atom. The Kier molecular flexibility index (Phi) is 3.95. The number of aliphatic hydroxyl groups is 1. The van der Waals surface area contributed by atoms with Crippen molar-refractivity contribution in [1.82, 2.24) is 0 Å². The van der Waals surface area contributed by atoms with Crippen LogP contribution in [0.25, 0.3) is 0 Å². The van der Waals surface area contributed by atoms with Gasteiger partial charge in [0.2, 0.25) is 0 Å². The number of methoxy groups -OCH3 is 1. The van der Waals surface area contributed by atoms with Crippen LogP contribution in [0.5, 0.6) is 0 Å². The molecule has 5 heteroatoms. The van der Waals surface area contributed by atoms with Crippen molar-refractivity contribution in [2.75, 3.05) is 7.11 Å². The summed E-state index contributed by atoms with van der Waals surface area (Å²) < 4.78 is 4.66. The van der Waals surface area contributed by atoms with E-state index in [1.165, 1.54) is 7.11 Å². The van der Waals surface area contributed by atoms with E-state index in [1.807, 2.05) is 6.07 Å². The first-order chi connectivity index (χ1) is 10.1. The van der Waals surface area contributed by atoms with Gasteiger partial charge in [-0.2, -0.15) is 10.5 Å². The normalized spacial score (nSPS) is 21.3. The van der Waals surface area contributed by atoms with Gasteiger partial charge in [-0.3, -0.25) is 0 Å². The van der Waals surface area contributed by atoms with Gasteiger partial charge in [0.1, 0.15) is 5.76 Å². The van der Waals surface area contributed by atoms with E-state index < -0.39 is 11.4 Å². The van der Waals surface area contributed by atoms with Crippen molar-refractivity contribution >= 4 is 5.97 Å². The lowest BCUT2D eigenvalue weighted by Gasteiger charge is -2.31. The number of nitrogens with zero attached hydrogens (tertiary/aromatic N) is 2. The number of allylic oxidation sites excluding steroid dienone is 1. The Morgan fingerprint density at radius 1 is 1.33 bits per heavy atom. The van der Waals surface area contributed by atoms with Gasteiger partial charge in [0, 0.05) is 12.8 Å². The maximum absolute atomic E-state index is 11.7. The third-order valence-electron chi connectivity index (χ3n) is 3.83. The molecule has 0 fully saturated rings. The molecule has 0 aromatic heterocycles. The van der Waals surface area contributed by atoms with Gasteiger partial charge in [0.15, 0.2) is 0 Å². The number of ether oxygens (including phenoxy) is 1.